The number of benzene rings is 1. The van der Waals surface area contributed by atoms with Gasteiger partial charge in [-0.3, -0.25) is 0 Å². The lowest BCUT2D eigenvalue weighted by atomic mass is 10.0. The number of aliphatic hydroxyl groups excluding tert-OH is 1. The molecule has 2 rings (SSSR count). The normalized spacial score (nSPS) is 12.0. The minimum absolute atomic E-state index is 0.183. The number of methoxy groups -OCH3 is 2. The van der Waals surface area contributed by atoms with Gasteiger partial charge in [-0.1, -0.05) is 6.07 Å². The molecular formula is C15H16FNO3. The number of hydrogen-bond donors (Lipinski definition) is 1. The minimum atomic E-state index is -0.813. The van der Waals surface area contributed by atoms with E-state index in [0.717, 1.165) is 0 Å². The summed E-state index contributed by atoms with van der Waals surface area (Å²) in [6, 6.07) is 8.06. The van der Waals surface area contributed by atoms with Gasteiger partial charge in [-0.25, -0.2) is 9.37 Å². The molecule has 1 atom stereocenters. The molecule has 1 aromatic heterocycles. The molecule has 0 fully saturated rings. The third kappa shape index (κ3) is 3.05. The van der Waals surface area contributed by atoms with Crippen molar-refractivity contribution in [1.82, 2.24) is 4.98 Å². The van der Waals surface area contributed by atoms with Crippen molar-refractivity contribution in [3.05, 3.63) is 53.5 Å². The van der Waals surface area contributed by atoms with Gasteiger partial charge in [0.15, 0.2) is 11.6 Å². The first-order valence-corrected chi connectivity index (χ1v) is 6.15. The van der Waals surface area contributed by atoms with Gasteiger partial charge in [0.25, 0.3) is 0 Å². The Labute approximate surface area is 116 Å². The summed E-state index contributed by atoms with van der Waals surface area (Å²) in [5, 5.41) is 10.2. The van der Waals surface area contributed by atoms with Gasteiger partial charge in [0.05, 0.1) is 20.3 Å². The van der Waals surface area contributed by atoms with E-state index in [1.165, 1.54) is 26.4 Å². The zero-order valence-corrected chi connectivity index (χ0v) is 11.3. The highest BCUT2D eigenvalue weighted by Gasteiger charge is 2.15. The molecule has 1 unspecified atom stereocenters. The Hall–Kier alpha value is -2.14. The summed E-state index contributed by atoms with van der Waals surface area (Å²) >= 11 is 0. The van der Waals surface area contributed by atoms with E-state index in [1.807, 2.05) is 0 Å². The van der Waals surface area contributed by atoms with Crippen molar-refractivity contribution in [3.8, 4) is 11.6 Å². The predicted molar refractivity (Wildman–Crippen MR) is 72.4 cm³/mol. The number of aromatic nitrogens is 1. The van der Waals surface area contributed by atoms with Gasteiger partial charge >= 0.3 is 0 Å². The third-order valence-corrected chi connectivity index (χ3v) is 3.00. The molecule has 1 heterocycles. The van der Waals surface area contributed by atoms with Crippen LogP contribution in [-0.4, -0.2) is 24.3 Å². The molecule has 0 radical (unpaired) electrons. The number of halogens is 1. The quantitative estimate of drug-likeness (QED) is 0.912. The van der Waals surface area contributed by atoms with E-state index in [1.54, 1.807) is 24.4 Å². The topological polar surface area (TPSA) is 51.6 Å². The lowest BCUT2D eigenvalue weighted by Crippen LogP contribution is -2.05. The van der Waals surface area contributed by atoms with Crippen molar-refractivity contribution in [3.63, 3.8) is 0 Å². The zero-order valence-electron chi connectivity index (χ0n) is 11.3. The standard InChI is InChI=1S/C15H16FNO3/c1-19-14-6-5-10(8-12(14)16)9-13(18)11-4-3-7-17-15(11)20-2/h3-8,13,18H,9H2,1-2H3. The molecular weight excluding hydrogens is 261 g/mol. The number of aliphatic hydroxyl groups is 1. The number of rotatable bonds is 5. The lowest BCUT2D eigenvalue weighted by Gasteiger charge is -2.14. The van der Waals surface area contributed by atoms with Crippen LogP contribution in [0.1, 0.15) is 17.2 Å². The highest BCUT2D eigenvalue weighted by Crippen LogP contribution is 2.26. The summed E-state index contributed by atoms with van der Waals surface area (Å²) in [6.45, 7) is 0. The maximum atomic E-state index is 13.6. The SMILES string of the molecule is COc1ccc(CC(O)c2cccnc2OC)cc1F. The van der Waals surface area contributed by atoms with Gasteiger partial charge in [-0.05, 0) is 29.8 Å². The van der Waals surface area contributed by atoms with Gasteiger partial charge in [0, 0.05) is 18.2 Å². The summed E-state index contributed by atoms with van der Waals surface area (Å²) in [4.78, 5) is 4.03. The average molecular weight is 277 g/mol. The maximum absolute atomic E-state index is 13.6. The van der Waals surface area contributed by atoms with Crippen molar-refractivity contribution in [1.29, 1.82) is 0 Å². The Bertz CT molecular complexity index is 589. The second kappa shape index (κ2) is 6.34. The Kier molecular flexibility index (Phi) is 4.53. The molecule has 0 aliphatic heterocycles. The number of pyridine rings is 1. The molecule has 20 heavy (non-hydrogen) atoms. The third-order valence-electron chi connectivity index (χ3n) is 3.00. The molecule has 0 aliphatic rings. The van der Waals surface area contributed by atoms with Crippen LogP contribution < -0.4 is 9.47 Å². The van der Waals surface area contributed by atoms with Crippen LogP contribution in [0.25, 0.3) is 0 Å². The van der Waals surface area contributed by atoms with E-state index in [2.05, 4.69) is 4.98 Å². The Morgan fingerprint density at radius 3 is 2.70 bits per heavy atom. The summed E-state index contributed by atoms with van der Waals surface area (Å²) in [7, 11) is 2.90. The first-order valence-electron chi connectivity index (χ1n) is 6.15. The summed E-state index contributed by atoms with van der Waals surface area (Å²) in [6.07, 6.45) is 1.04. The van der Waals surface area contributed by atoms with Crippen LogP contribution in [0.5, 0.6) is 11.6 Å². The summed E-state index contributed by atoms with van der Waals surface area (Å²) in [5.74, 6) is 0.103. The molecule has 106 valence electrons. The van der Waals surface area contributed by atoms with Crippen molar-refractivity contribution in [2.24, 2.45) is 0 Å². The second-order valence-corrected chi connectivity index (χ2v) is 4.29. The number of nitrogens with zero attached hydrogens (tertiary/aromatic N) is 1. The molecule has 0 saturated carbocycles. The van der Waals surface area contributed by atoms with E-state index in [-0.39, 0.29) is 12.2 Å². The molecule has 1 aromatic carbocycles. The molecule has 4 nitrogen and oxygen atoms in total. The molecule has 0 bridgehead atoms. The Morgan fingerprint density at radius 2 is 2.05 bits per heavy atom. The fraction of sp³-hybridized carbons (Fsp3) is 0.267. The van der Waals surface area contributed by atoms with Crippen LogP contribution in [0.15, 0.2) is 36.5 Å². The fourth-order valence-corrected chi connectivity index (χ4v) is 2.00. The smallest absolute Gasteiger partial charge is 0.218 e. The zero-order chi connectivity index (χ0) is 14.5. The largest absolute Gasteiger partial charge is 0.494 e. The van der Waals surface area contributed by atoms with E-state index in [9.17, 15) is 9.50 Å². The number of hydrogen-bond acceptors (Lipinski definition) is 4. The molecule has 0 amide bonds. The van der Waals surface area contributed by atoms with Gasteiger partial charge in [0.2, 0.25) is 5.88 Å². The highest BCUT2D eigenvalue weighted by molar-refractivity contribution is 5.32. The highest BCUT2D eigenvalue weighted by atomic mass is 19.1. The maximum Gasteiger partial charge on any atom is 0.218 e. The van der Waals surface area contributed by atoms with E-state index < -0.39 is 11.9 Å². The van der Waals surface area contributed by atoms with Gasteiger partial charge in [-0.15, -0.1) is 0 Å². The Balaban J connectivity index is 2.19. The lowest BCUT2D eigenvalue weighted by molar-refractivity contribution is 0.172. The van der Waals surface area contributed by atoms with Crippen LogP contribution in [-0.2, 0) is 6.42 Å². The molecule has 1 N–H and O–H groups in total. The van der Waals surface area contributed by atoms with Crippen LogP contribution in [0.4, 0.5) is 4.39 Å². The van der Waals surface area contributed by atoms with Crippen molar-refractivity contribution in [2.75, 3.05) is 14.2 Å². The Morgan fingerprint density at radius 1 is 1.25 bits per heavy atom. The second-order valence-electron chi connectivity index (χ2n) is 4.29. The molecule has 0 spiro atoms. The van der Waals surface area contributed by atoms with Crippen molar-refractivity contribution >= 4 is 0 Å². The van der Waals surface area contributed by atoms with Crippen molar-refractivity contribution < 1.29 is 19.0 Å². The van der Waals surface area contributed by atoms with Gasteiger partial charge in [-0.2, -0.15) is 0 Å². The fourth-order valence-electron chi connectivity index (χ4n) is 2.00. The number of ether oxygens (including phenoxy) is 2. The summed E-state index contributed by atoms with van der Waals surface area (Å²) < 4.78 is 23.6. The summed E-state index contributed by atoms with van der Waals surface area (Å²) in [5.41, 5.74) is 1.24. The van der Waals surface area contributed by atoms with Crippen LogP contribution in [0.2, 0.25) is 0 Å². The first kappa shape index (κ1) is 14.3. The molecule has 0 saturated heterocycles. The van der Waals surface area contributed by atoms with Crippen molar-refractivity contribution in [2.45, 2.75) is 12.5 Å². The van der Waals surface area contributed by atoms with Crippen LogP contribution >= 0.6 is 0 Å². The van der Waals surface area contributed by atoms with E-state index in [0.29, 0.717) is 17.0 Å². The monoisotopic (exact) mass is 277 g/mol. The van der Waals surface area contributed by atoms with Gasteiger partial charge < -0.3 is 14.6 Å². The molecule has 5 heteroatoms. The van der Waals surface area contributed by atoms with Gasteiger partial charge in [0.1, 0.15) is 0 Å². The van der Waals surface area contributed by atoms with E-state index >= 15 is 0 Å². The average Bonchev–Trinajstić information content (AvgIpc) is 2.47. The first-order chi connectivity index (χ1) is 9.65. The molecule has 0 aliphatic carbocycles. The van der Waals surface area contributed by atoms with E-state index in [4.69, 9.17) is 9.47 Å². The molecule has 2 aromatic rings. The minimum Gasteiger partial charge on any atom is -0.494 e. The van der Waals surface area contributed by atoms with Crippen LogP contribution in [0, 0.1) is 5.82 Å². The predicted octanol–water partition coefficient (Wildman–Crippen LogP) is 2.51. The van der Waals surface area contributed by atoms with Crippen LogP contribution in [0.3, 0.4) is 0 Å².